The van der Waals surface area contributed by atoms with E-state index in [9.17, 15) is 0 Å². The van der Waals surface area contributed by atoms with E-state index in [1.165, 1.54) is 5.30 Å². The number of benzene rings is 1. The predicted molar refractivity (Wildman–Crippen MR) is 43.5 cm³/mol. The molecule has 1 N–H and O–H groups in total. The van der Waals surface area contributed by atoms with E-state index in [1.807, 2.05) is 13.1 Å². The average molecular weight is 139 g/mol. The lowest BCUT2D eigenvalue weighted by Gasteiger charge is -1.95. The highest BCUT2D eigenvalue weighted by Crippen LogP contribution is 2.00. The van der Waals surface area contributed by atoms with Crippen molar-refractivity contribution in [1.82, 2.24) is 5.09 Å². The summed E-state index contributed by atoms with van der Waals surface area (Å²) < 4.78 is 0. The predicted octanol–water partition coefficient (Wildman–Crippen LogP) is 1.12. The van der Waals surface area contributed by atoms with E-state index in [2.05, 4.69) is 29.4 Å². The molecule has 2 heteroatoms. The standard InChI is InChI=1S/C7H10NP/c1-8-9-7-5-3-2-4-6-7/h2-6,8-9H,1H3. The molecule has 1 rings (SSSR count). The zero-order valence-corrected chi connectivity index (χ0v) is 6.39. The van der Waals surface area contributed by atoms with Gasteiger partial charge >= 0.3 is 0 Å². The average Bonchev–Trinajstić information content (AvgIpc) is 1.91. The second-order valence-electron chi connectivity index (χ2n) is 1.74. The Balaban J connectivity index is 2.61. The third kappa shape index (κ3) is 2.13. The van der Waals surface area contributed by atoms with Crippen molar-refractivity contribution in [2.24, 2.45) is 0 Å². The van der Waals surface area contributed by atoms with Crippen LogP contribution in [-0.4, -0.2) is 7.05 Å². The first-order chi connectivity index (χ1) is 4.43. The Hall–Kier alpha value is -0.390. The van der Waals surface area contributed by atoms with E-state index >= 15 is 0 Å². The molecule has 0 saturated carbocycles. The van der Waals surface area contributed by atoms with Crippen LogP contribution in [0.3, 0.4) is 0 Å². The molecule has 1 unspecified atom stereocenters. The van der Waals surface area contributed by atoms with Gasteiger partial charge in [0.05, 0.1) is 0 Å². The second kappa shape index (κ2) is 3.60. The van der Waals surface area contributed by atoms with E-state index in [0.717, 1.165) is 8.73 Å². The van der Waals surface area contributed by atoms with E-state index in [4.69, 9.17) is 0 Å². The fourth-order valence-electron chi connectivity index (χ4n) is 0.666. The summed E-state index contributed by atoms with van der Waals surface area (Å²) in [7, 11) is 2.70. The highest BCUT2D eigenvalue weighted by atomic mass is 31.1. The first kappa shape index (κ1) is 6.73. The van der Waals surface area contributed by atoms with Crippen LogP contribution >= 0.6 is 8.73 Å². The molecule has 1 nitrogen and oxygen atoms in total. The molecule has 0 aliphatic carbocycles. The van der Waals surface area contributed by atoms with Crippen molar-refractivity contribution < 1.29 is 0 Å². The van der Waals surface area contributed by atoms with Gasteiger partial charge in [0.2, 0.25) is 0 Å². The lowest BCUT2D eigenvalue weighted by atomic mass is 10.4. The quantitative estimate of drug-likeness (QED) is 0.605. The van der Waals surface area contributed by atoms with Gasteiger partial charge < -0.3 is 0 Å². The maximum atomic E-state index is 3.11. The van der Waals surface area contributed by atoms with E-state index in [1.54, 1.807) is 0 Å². The van der Waals surface area contributed by atoms with Gasteiger partial charge in [-0.15, -0.1) is 0 Å². The normalized spacial score (nSPS) is 10.8. The van der Waals surface area contributed by atoms with Crippen molar-refractivity contribution in [2.45, 2.75) is 0 Å². The first-order valence-electron chi connectivity index (χ1n) is 2.91. The van der Waals surface area contributed by atoms with Crippen LogP contribution in [0.5, 0.6) is 0 Å². The van der Waals surface area contributed by atoms with Gasteiger partial charge in [0.15, 0.2) is 0 Å². The molecule has 1 aromatic rings. The van der Waals surface area contributed by atoms with Crippen molar-refractivity contribution in [3.05, 3.63) is 30.3 Å². The molecule has 0 heterocycles. The van der Waals surface area contributed by atoms with Gasteiger partial charge in [-0.05, 0) is 21.1 Å². The molecule has 0 fully saturated rings. The smallest absolute Gasteiger partial charge is 0.0125 e. The maximum absolute atomic E-state index is 3.11. The highest BCUT2D eigenvalue weighted by Gasteiger charge is 1.83. The molecule has 0 amide bonds. The van der Waals surface area contributed by atoms with Gasteiger partial charge in [0.25, 0.3) is 0 Å². The van der Waals surface area contributed by atoms with Crippen molar-refractivity contribution >= 4 is 14.0 Å². The largest absolute Gasteiger partial charge is 0.298 e. The Morgan fingerprint density at radius 3 is 2.44 bits per heavy atom. The Morgan fingerprint density at radius 1 is 1.22 bits per heavy atom. The third-order valence-electron chi connectivity index (χ3n) is 1.04. The SMILES string of the molecule is CNPc1ccccc1. The Bertz CT molecular complexity index is 162. The lowest BCUT2D eigenvalue weighted by molar-refractivity contribution is 1.29. The van der Waals surface area contributed by atoms with Crippen molar-refractivity contribution in [3.8, 4) is 0 Å². The zero-order chi connectivity index (χ0) is 6.53. The lowest BCUT2D eigenvalue weighted by Crippen LogP contribution is -1.99. The summed E-state index contributed by atoms with van der Waals surface area (Å²) in [5.41, 5.74) is 0. The summed E-state index contributed by atoms with van der Waals surface area (Å²) >= 11 is 0. The van der Waals surface area contributed by atoms with Crippen molar-refractivity contribution in [1.29, 1.82) is 0 Å². The van der Waals surface area contributed by atoms with Crippen LogP contribution in [0, 0.1) is 0 Å². The van der Waals surface area contributed by atoms with Gasteiger partial charge in [-0.1, -0.05) is 30.3 Å². The number of nitrogens with one attached hydrogen (secondary N) is 1. The van der Waals surface area contributed by atoms with E-state index in [0.29, 0.717) is 0 Å². The Kier molecular flexibility index (Phi) is 2.69. The maximum Gasteiger partial charge on any atom is -0.0125 e. The van der Waals surface area contributed by atoms with Crippen LogP contribution in [0.4, 0.5) is 0 Å². The van der Waals surface area contributed by atoms with Crippen molar-refractivity contribution in [2.75, 3.05) is 7.05 Å². The molecule has 0 saturated heterocycles. The summed E-state index contributed by atoms with van der Waals surface area (Å²) in [5, 5.41) is 4.47. The minimum absolute atomic E-state index is 0.737. The van der Waals surface area contributed by atoms with Gasteiger partial charge in [-0.2, -0.15) is 0 Å². The number of rotatable bonds is 2. The Morgan fingerprint density at radius 2 is 1.89 bits per heavy atom. The van der Waals surface area contributed by atoms with Gasteiger partial charge in [-0.3, -0.25) is 5.09 Å². The highest BCUT2D eigenvalue weighted by molar-refractivity contribution is 7.44. The summed E-state index contributed by atoms with van der Waals surface area (Å²) in [5.74, 6) is 0. The first-order valence-corrected chi connectivity index (χ1v) is 3.91. The minimum atomic E-state index is 0.737. The molecule has 0 bridgehead atoms. The van der Waals surface area contributed by atoms with Crippen LogP contribution in [0.25, 0.3) is 0 Å². The molecule has 48 valence electrons. The van der Waals surface area contributed by atoms with Crippen LogP contribution in [-0.2, 0) is 0 Å². The number of hydrogen-bond donors (Lipinski definition) is 1. The Labute approximate surface area is 57.3 Å². The second-order valence-corrected chi connectivity index (χ2v) is 3.07. The molecule has 0 aliphatic heterocycles. The molecule has 1 atom stereocenters. The van der Waals surface area contributed by atoms with Gasteiger partial charge in [-0.25, -0.2) is 0 Å². The van der Waals surface area contributed by atoms with E-state index < -0.39 is 0 Å². The van der Waals surface area contributed by atoms with Crippen LogP contribution in [0.15, 0.2) is 30.3 Å². The summed E-state index contributed by atoms with van der Waals surface area (Å²) in [6.45, 7) is 0. The van der Waals surface area contributed by atoms with E-state index in [-0.39, 0.29) is 0 Å². The van der Waals surface area contributed by atoms with Gasteiger partial charge in [0, 0.05) is 0 Å². The molecule has 9 heavy (non-hydrogen) atoms. The monoisotopic (exact) mass is 139 g/mol. The molecular formula is C7H10NP. The topological polar surface area (TPSA) is 12.0 Å². The van der Waals surface area contributed by atoms with Crippen LogP contribution in [0.1, 0.15) is 0 Å². The summed E-state index contributed by atoms with van der Waals surface area (Å²) in [6, 6.07) is 10.4. The molecule has 0 aliphatic rings. The van der Waals surface area contributed by atoms with Gasteiger partial charge in [0.1, 0.15) is 0 Å². The van der Waals surface area contributed by atoms with Crippen LogP contribution in [0.2, 0.25) is 0 Å². The number of hydrogen-bond acceptors (Lipinski definition) is 1. The molecular weight excluding hydrogens is 129 g/mol. The molecule has 0 spiro atoms. The zero-order valence-electron chi connectivity index (χ0n) is 5.39. The van der Waals surface area contributed by atoms with Crippen molar-refractivity contribution in [3.63, 3.8) is 0 Å². The fourth-order valence-corrected chi connectivity index (χ4v) is 1.31. The summed E-state index contributed by atoms with van der Waals surface area (Å²) in [4.78, 5) is 0. The molecule has 0 aromatic heterocycles. The fraction of sp³-hybridized carbons (Fsp3) is 0.143. The van der Waals surface area contributed by atoms with Crippen LogP contribution < -0.4 is 10.4 Å². The summed E-state index contributed by atoms with van der Waals surface area (Å²) in [6.07, 6.45) is 0. The third-order valence-corrected chi connectivity index (χ3v) is 1.92. The molecule has 1 aromatic carbocycles. The minimum Gasteiger partial charge on any atom is -0.298 e. The molecule has 0 radical (unpaired) electrons.